The van der Waals surface area contributed by atoms with E-state index in [9.17, 15) is 14.4 Å². The van der Waals surface area contributed by atoms with E-state index in [2.05, 4.69) is 27.8 Å². The van der Waals surface area contributed by atoms with Crippen LogP contribution >= 0.6 is 39.1 Å². The van der Waals surface area contributed by atoms with Crippen LogP contribution in [0.1, 0.15) is 16.7 Å². The third-order valence-electron chi connectivity index (χ3n) is 5.61. The minimum atomic E-state index is -0.892. The molecule has 0 unspecified atom stereocenters. The van der Waals surface area contributed by atoms with Gasteiger partial charge in [-0.05, 0) is 66.1 Å². The number of nitrogens with zero attached hydrogens (tertiary/aromatic N) is 1. The van der Waals surface area contributed by atoms with Crippen molar-refractivity contribution in [2.75, 3.05) is 12.0 Å². The monoisotopic (exact) mass is 614 g/mol. The van der Waals surface area contributed by atoms with Crippen LogP contribution in [0, 0.1) is 0 Å². The minimum absolute atomic E-state index is 0.157. The minimum Gasteiger partial charge on any atom is -0.493 e. The third-order valence-corrected chi connectivity index (χ3v) is 6.88. The normalized spacial score (nSPS) is 14.5. The number of benzene rings is 3. The van der Waals surface area contributed by atoms with Crippen LogP contribution in [0.4, 0.5) is 10.5 Å². The summed E-state index contributed by atoms with van der Waals surface area (Å²) in [4.78, 5) is 39.3. The maximum absolute atomic E-state index is 13.3. The molecule has 7 nitrogen and oxygen atoms in total. The summed E-state index contributed by atoms with van der Waals surface area (Å²) in [7, 11) is 1.50. The van der Waals surface area contributed by atoms with Gasteiger partial charge in [-0.2, -0.15) is 0 Å². The van der Waals surface area contributed by atoms with Gasteiger partial charge in [0.2, 0.25) is 0 Å². The van der Waals surface area contributed by atoms with Crippen molar-refractivity contribution in [1.29, 1.82) is 0 Å². The van der Waals surface area contributed by atoms with Gasteiger partial charge in [0, 0.05) is 10.0 Å². The first kappa shape index (κ1) is 27.4. The Morgan fingerprint density at radius 1 is 1.03 bits per heavy atom. The number of hydrogen-bond acceptors (Lipinski definition) is 5. The summed E-state index contributed by atoms with van der Waals surface area (Å²) in [5, 5.41) is 2.61. The van der Waals surface area contributed by atoms with Crippen molar-refractivity contribution < 1.29 is 23.9 Å². The molecule has 10 heteroatoms. The average molecular weight is 616 g/mol. The first-order valence-corrected chi connectivity index (χ1v) is 12.8. The van der Waals surface area contributed by atoms with E-state index in [-0.39, 0.29) is 21.3 Å². The second-order valence-electron chi connectivity index (χ2n) is 8.18. The molecular formula is C28H21BrCl2N2O5. The lowest BCUT2D eigenvalue weighted by atomic mass is 10.0. The molecule has 3 aromatic rings. The van der Waals surface area contributed by atoms with E-state index >= 15 is 0 Å². The highest BCUT2D eigenvalue weighted by molar-refractivity contribution is 9.10. The fraction of sp³-hybridized carbons (Fsp3) is 0.107. The molecule has 1 fully saturated rings. The summed E-state index contributed by atoms with van der Waals surface area (Å²) >= 11 is 15.5. The molecule has 0 spiro atoms. The number of barbiturate groups is 1. The van der Waals surface area contributed by atoms with E-state index in [1.165, 1.54) is 31.4 Å². The first-order chi connectivity index (χ1) is 18.2. The molecule has 1 aliphatic rings. The Bertz CT molecular complexity index is 1470. The lowest BCUT2D eigenvalue weighted by molar-refractivity contribution is -0.122. The van der Waals surface area contributed by atoms with Crippen LogP contribution < -0.4 is 19.7 Å². The summed E-state index contributed by atoms with van der Waals surface area (Å²) in [6.45, 7) is 4.12. The van der Waals surface area contributed by atoms with E-state index in [1.54, 1.807) is 18.2 Å². The van der Waals surface area contributed by atoms with Gasteiger partial charge in [0.1, 0.15) is 12.2 Å². The SMILES string of the molecule is C=CCc1cc(/C=C2\C(=O)NC(=O)N(c3ccc(Cl)c(Cl)c3)C2=O)cc(OC)c1OCc1ccc(Br)cc1. The maximum Gasteiger partial charge on any atom is 0.335 e. The predicted octanol–water partition coefficient (Wildman–Crippen LogP) is 6.74. The molecule has 194 valence electrons. The summed E-state index contributed by atoms with van der Waals surface area (Å²) in [5.74, 6) is -0.702. The van der Waals surface area contributed by atoms with E-state index in [1.807, 2.05) is 24.3 Å². The van der Waals surface area contributed by atoms with Crippen molar-refractivity contribution >= 4 is 68.7 Å². The van der Waals surface area contributed by atoms with E-state index in [4.69, 9.17) is 32.7 Å². The van der Waals surface area contributed by atoms with Gasteiger partial charge in [0.05, 0.1) is 22.8 Å². The zero-order chi connectivity index (χ0) is 27.4. The van der Waals surface area contributed by atoms with Crippen LogP contribution in [-0.4, -0.2) is 25.0 Å². The van der Waals surface area contributed by atoms with Crippen molar-refractivity contribution in [2.45, 2.75) is 13.0 Å². The van der Waals surface area contributed by atoms with E-state index < -0.39 is 17.8 Å². The van der Waals surface area contributed by atoms with Crippen molar-refractivity contribution in [3.05, 3.63) is 104 Å². The van der Waals surface area contributed by atoms with Gasteiger partial charge in [0.25, 0.3) is 11.8 Å². The predicted molar refractivity (Wildman–Crippen MR) is 151 cm³/mol. The van der Waals surface area contributed by atoms with E-state index in [0.717, 1.165) is 20.5 Å². The molecule has 0 radical (unpaired) electrons. The van der Waals surface area contributed by atoms with Crippen LogP contribution in [0.3, 0.4) is 0 Å². The van der Waals surface area contributed by atoms with Gasteiger partial charge in [-0.3, -0.25) is 14.9 Å². The fourth-order valence-electron chi connectivity index (χ4n) is 3.81. The molecule has 1 saturated heterocycles. The number of rotatable bonds is 8. The Balaban J connectivity index is 1.70. The highest BCUT2D eigenvalue weighted by atomic mass is 79.9. The van der Waals surface area contributed by atoms with Crippen molar-refractivity contribution in [3.8, 4) is 11.5 Å². The number of carbonyl (C=O) groups excluding carboxylic acids is 3. The number of methoxy groups -OCH3 is 1. The van der Waals surface area contributed by atoms with Crippen LogP contribution in [0.5, 0.6) is 11.5 Å². The zero-order valence-corrected chi connectivity index (χ0v) is 23.2. The average Bonchev–Trinajstić information content (AvgIpc) is 2.88. The number of amides is 4. The lowest BCUT2D eigenvalue weighted by Gasteiger charge is -2.26. The summed E-state index contributed by atoms with van der Waals surface area (Å²) in [6, 6.07) is 14.6. The molecule has 38 heavy (non-hydrogen) atoms. The smallest absolute Gasteiger partial charge is 0.335 e. The van der Waals surface area contributed by atoms with Crippen LogP contribution in [-0.2, 0) is 22.6 Å². The van der Waals surface area contributed by atoms with Crippen molar-refractivity contribution in [1.82, 2.24) is 5.32 Å². The van der Waals surface area contributed by atoms with Crippen molar-refractivity contribution in [2.24, 2.45) is 0 Å². The molecule has 0 saturated carbocycles. The zero-order valence-electron chi connectivity index (χ0n) is 20.1. The molecule has 0 bridgehead atoms. The first-order valence-electron chi connectivity index (χ1n) is 11.3. The topological polar surface area (TPSA) is 84.9 Å². The van der Waals surface area contributed by atoms with Crippen molar-refractivity contribution in [3.63, 3.8) is 0 Å². The molecule has 4 rings (SSSR count). The Morgan fingerprint density at radius 3 is 2.42 bits per heavy atom. The number of ether oxygens (including phenoxy) is 2. The Labute approximate surface area is 237 Å². The second-order valence-corrected chi connectivity index (χ2v) is 9.91. The fourth-order valence-corrected chi connectivity index (χ4v) is 4.37. The Hall–Kier alpha value is -3.59. The Kier molecular flexibility index (Phi) is 8.56. The highest BCUT2D eigenvalue weighted by Crippen LogP contribution is 2.36. The second kappa shape index (κ2) is 11.9. The number of imide groups is 2. The van der Waals surface area contributed by atoms with Crippen LogP contribution in [0.25, 0.3) is 6.08 Å². The quantitative estimate of drug-likeness (QED) is 0.172. The van der Waals surface area contributed by atoms with Gasteiger partial charge < -0.3 is 9.47 Å². The van der Waals surface area contributed by atoms with Crippen LogP contribution in [0.2, 0.25) is 10.0 Å². The lowest BCUT2D eigenvalue weighted by Crippen LogP contribution is -2.54. The summed E-state index contributed by atoms with van der Waals surface area (Å²) in [6.07, 6.45) is 3.54. The van der Waals surface area contributed by atoms with Gasteiger partial charge in [-0.15, -0.1) is 6.58 Å². The van der Waals surface area contributed by atoms with Crippen LogP contribution in [0.15, 0.2) is 77.3 Å². The molecule has 0 aliphatic carbocycles. The largest absolute Gasteiger partial charge is 0.493 e. The van der Waals surface area contributed by atoms with E-state index in [0.29, 0.717) is 30.1 Å². The highest BCUT2D eigenvalue weighted by Gasteiger charge is 2.37. The number of hydrogen-bond donors (Lipinski definition) is 1. The molecule has 1 N–H and O–H groups in total. The molecule has 1 aliphatic heterocycles. The summed E-state index contributed by atoms with van der Waals surface area (Å²) in [5.41, 5.74) is 2.12. The molecule has 0 atom stereocenters. The standard InChI is InChI=1S/C28H21BrCl2N2O5/c1-3-4-18-11-17(13-24(37-2)25(18)38-15-16-5-7-19(29)8-6-16)12-21-26(34)32-28(36)33(27(21)35)20-9-10-22(30)23(31)14-20/h3,5-14H,1,4,15H2,2H3,(H,32,34,36)/b21-12+. The number of allylic oxidation sites excluding steroid dienone is 1. The van der Waals surface area contributed by atoms with Gasteiger partial charge in [-0.25, -0.2) is 9.69 Å². The van der Waals surface area contributed by atoms with Gasteiger partial charge in [-0.1, -0.05) is 57.3 Å². The molecule has 4 amide bonds. The number of halogens is 3. The Morgan fingerprint density at radius 2 is 1.76 bits per heavy atom. The molecule has 0 aromatic heterocycles. The molecule has 1 heterocycles. The number of anilines is 1. The van der Waals surface area contributed by atoms with Gasteiger partial charge >= 0.3 is 6.03 Å². The summed E-state index contributed by atoms with van der Waals surface area (Å²) < 4.78 is 12.6. The molecular weight excluding hydrogens is 595 g/mol. The maximum atomic E-state index is 13.3. The third kappa shape index (κ3) is 5.93. The molecule has 3 aromatic carbocycles. The number of nitrogens with one attached hydrogen (secondary N) is 1. The number of carbonyl (C=O) groups is 3. The van der Waals surface area contributed by atoms with Gasteiger partial charge in [0.15, 0.2) is 11.5 Å². The number of urea groups is 1.